The molecule has 1 saturated heterocycles. The summed E-state index contributed by atoms with van der Waals surface area (Å²) in [5, 5.41) is 0.531. The SMILES string of the molecule is CCCC(=O)N1CCCN(C(=O)c2ccc(SC(C)C)cc2)CC1. The molecule has 1 aliphatic heterocycles. The Hall–Kier alpha value is -1.49. The number of thioether (sulfide) groups is 1. The van der Waals surface area contributed by atoms with E-state index in [0.29, 0.717) is 24.8 Å². The maximum Gasteiger partial charge on any atom is 0.253 e. The van der Waals surface area contributed by atoms with E-state index >= 15 is 0 Å². The first-order valence-corrected chi connectivity index (χ1v) is 9.73. The van der Waals surface area contributed by atoms with Gasteiger partial charge in [0.25, 0.3) is 5.91 Å². The Morgan fingerprint density at radius 2 is 1.67 bits per heavy atom. The quantitative estimate of drug-likeness (QED) is 0.763. The van der Waals surface area contributed by atoms with Gasteiger partial charge in [-0.2, -0.15) is 0 Å². The van der Waals surface area contributed by atoms with Gasteiger partial charge >= 0.3 is 0 Å². The Bertz CT molecular complexity index is 557. The summed E-state index contributed by atoms with van der Waals surface area (Å²) in [5.41, 5.74) is 0.733. The maximum absolute atomic E-state index is 12.7. The standard InChI is InChI=1S/C19H28N2O2S/c1-4-6-18(22)20-11-5-12-21(14-13-20)19(23)16-7-9-17(10-8-16)24-15(2)3/h7-10,15H,4-6,11-14H2,1-3H3. The zero-order chi connectivity index (χ0) is 17.5. The average molecular weight is 349 g/mol. The molecule has 0 radical (unpaired) electrons. The van der Waals surface area contributed by atoms with Gasteiger partial charge in [-0.3, -0.25) is 9.59 Å². The largest absolute Gasteiger partial charge is 0.341 e. The number of nitrogens with zero attached hydrogens (tertiary/aromatic N) is 2. The van der Waals surface area contributed by atoms with Crippen molar-refractivity contribution in [1.29, 1.82) is 0 Å². The van der Waals surface area contributed by atoms with Gasteiger partial charge < -0.3 is 9.80 Å². The molecule has 0 atom stereocenters. The van der Waals surface area contributed by atoms with Gasteiger partial charge in [0, 0.05) is 48.3 Å². The monoisotopic (exact) mass is 348 g/mol. The molecule has 0 bridgehead atoms. The first-order valence-electron chi connectivity index (χ1n) is 8.85. The van der Waals surface area contributed by atoms with Crippen molar-refractivity contribution in [3.05, 3.63) is 29.8 Å². The molecular weight excluding hydrogens is 320 g/mol. The molecule has 4 nitrogen and oxygen atoms in total. The van der Waals surface area contributed by atoms with E-state index in [1.807, 2.05) is 41.0 Å². The molecule has 0 unspecified atom stereocenters. The van der Waals surface area contributed by atoms with E-state index in [0.717, 1.165) is 31.5 Å². The number of hydrogen-bond acceptors (Lipinski definition) is 3. The molecule has 24 heavy (non-hydrogen) atoms. The summed E-state index contributed by atoms with van der Waals surface area (Å²) in [6, 6.07) is 7.87. The fraction of sp³-hybridized carbons (Fsp3) is 0.579. The van der Waals surface area contributed by atoms with Gasteiger partial charge in [-0.1, -0.05) is 20.8 Å². The molecule has 2 amide bonds. The summed E-state index contributed by atoms with van der Waals surface area (Å²) >= 11 is 1.80. The molecule has 1 aromatic carbocycles. The average Bonchev–Trinajstić information content (AvgIpc) is 2.81. The van der Waals surface area contributed by atoms with Gasteiger partial charge in [-0.05, 0) is 37.1 Å². The summed E-state index contributed by atoms with van der Waals surface area (Å²) < 4.78 is 0. The van der Waals surface area contributed by atoms with Crippen LogP contribution in [-0.4, -0.2) is 53.0 Å². The highest BCUT2D eigenvalue weighted by Crippen LogP contribution is 2.23. The predicted octanol–water partition coefficient (Wildman–Crippen LogP) is 3.66. The van der Waals surface area contributed by atoms with E-state index in [2.05, 4.69) is 13.8 Å². The molecule has 5 heteroatoms. The van der Waals surface area contributed by atoms with Crippen LogP contribution in [0.4, 0.5) is 0 Å². The summed E-state index contributed by atoms with van der Waals surface area (Å²) in [7, 11) is 0. The molecule has 0 spiro atoms. The lowest BCUT2D eigenvalue weighted by Crippen LogP contribution is -2.37. The zero-order valence-electron chi connectivity index (χ0n) is 15.0. The summed E-state index contributed by atoms with van der Waals surface area (Å²) in [5.74, 6) is 0.280. The summed E-state index contributed by atoms with van der Waals surface area (Å²) in [4.78, 5) is 29.7. The third-order valence-electron chi connectivity index (χ3n) is 4.07. The third kappa shape index (κ3) is 5.26. The lowest BCUT2D eigenvalue weighted by molar-refractivity contribution is -0.131. The minimum absolute atomic E-state index is 0.0703. The molecule has 132 valence electrons. The van der Waals surface area contributed by atoms with Crippen LogP contribution in [0.2, 0.25) is 0 Å². The molecule has 1 aliphatic rings. The maximum atomic E-state index is 12.7. The Kier molecular flexibility index (Phi) is 7.16. The predicted molar refractivity (Wildman–Crippen MR) is 99.4 cm³/mol. The van der Waals surface area contributed by atoms with Crippen LogP contribution >= 0.6 is 11.8 Å². The van der Waals surface area contributed by atoms with Gasteiger partial charge in [0.15, 0.2) is 0 Å². The Balaban J connectivity index is 1.96. The van der Waals surface area contributed by atoms with Crippen molar-refractivity contribution < 1.29 is 9.59 Å². The minimum atomic E-state index is 0.0703. The fourth-order valence-corrected chi connectivity index (χ4v) is 3.71. The van der Waals surface area contributed by atoms with Crippen molar-refractivity contribution in [3.8, 4) is 0 Å². The van der Waals surface area contributed by atoms with E-state index in [1.165, 1.54) is 4.90 Å². The highest BCUT2D eigenvalue weighted by Gasteiger charge is 2.22. The molecule has 0 aliphatic carbocycles. The second-order valence-electron chi connectivity index (χ2n) is 6.47. The molecule has 0 aromatic heterocycles. The van der Waals surface area contributed by atoms with Crippen LogP contribution in [-0.2, 0) is 4.79 Å². The van der Waals surface area contributed by atoms with Gasteiger partial charge in [-0.25, -0.2) is 0 Å². The number of amides is 2. The Morgan fingerprint density at radius 3 is 2.29 bits per heavy atom. The Labute approximate surface area is 149 Å². The second kappa shape index (κ2) is 9.11. The number of benzene rings is 1. The summed E-state index contributed by atoms with van der Waals surface area (Å²) in [6.07, 6.45) is 2.32. The molecule has 1 aromatic rings. The Morgan fingerprint density at radius 1 is 1.04 bits per heavy atom. The van der Waals surface area contributed by atoms with Crippen molar-refractivity contribution >= 4 is 23.6 Å². The van der Waals surface area contributed by atoms with Crippen LogP contribution in [0.15, 0.2) is 29.2 Å². The number of carbonyl (C=O) groups is 2. The lowest BCUT2D eigenvalue weighted by Gasteiger charge is -2.22. The molecule has 0 saturated carbocycles. The van der Waals surface area contributed by atoms with Crippen molar-refractivity contribution in [1.82, 2.24) is 9.80 Å². The van der Waals surface area contributed by atoms with Crippen molar-refractivity contribution in [2.75, 3.05) is 26.2 Å². The number of carbonyl (C=O) groups excluding carboxylic acids is 2. The van der Waals surface area contributed by atoms with Crippen LogP contribution < -0.4 is 0 Å². The first kappa shape index (κ1) is 18.8. The normalized spacial score (nSPS) is 15.5. The topological polar surface area (TPSA) is 40.6 Å². The van der Waals surface area contributed by atoms with E-state index < -0.39 is 0 Å². The van der Waals surface area contributed by atoms with E-state index in [4.69, 9.17) is 0 Å². The van der Waals surface area contributed by atoms with Crippen LogP contribution in [0.25, 0.3) is 0 Å². The highest BCUT2D eigenvalue weighted by molar-refractivity contribution is 7.99. The minimum Gasteiger partial charge on any atom is -0.341 e. The van der Waals surface area contributed by atoms with Gasteiger partial charge in [-0.15, -0.1) is 11.8 Å². The van der Waals surface area contributed by atoms with Gasteiger partial charge in [0.05, 0.1) is 0 Å². The van der Waals surface area contributed by atoms with Crippen LogP contribution in [0.3, 0.4) is 0 Å². The zero-order valence-corrected chi connectivity index (χ0v) is 15.8. The van der Waals surface area contributed by atoms with E-state index in [9.17, 15) is 9.59 Å². The molecule has 1 fully saturated rings. The summed E-state index contributed by atoms with van der Waals surface area (Å²) in [6.45, 7) is 9.08. The van der Waals surface area contributed by atoms with Crippen molar-refractivity contribution in [2.24, 2.45) is 0 Å². The first-order chi connectivity index (χ1) is 11.5. The lowest BCUT2D eigenvalue weighted by atomic mass is 10.2. The van der Waals surface area contributed by atoms with Crippen LogP contribution in [0.5, 0.6) is 0 Å². The van der Waals surface area contributed by atoms with E-state index in [-0.39, 0.29) is 11.8 Å². The third-order valence-corrected chi connectivity index (χ3v) is 5.09. The van der Waals surface area contributed by atoms with Crippen molar-refractivity contribution in [2.45, 2.75) is 50.2 Å². The van der Waals surface area contributed by atoms with Crippen LogP contribution in [0, 0.1) is 0 Å². The fourth-order valence-electron chi connectivity index (χ4n) is 2.87. The van der Waals surface area contributed by atoms with Crippen molar-refractivity contribution in [3.63, 3.8) is 0 Å². The van der Waals surface area contributed by atoms with Gasteiger partial charge in [0.2, 0.25) is 5.91 Å². The molecule has 2 rings (SSSR count). The smallest absolute Gasteiger partial charge is 0.253 e. The highest BCUT2D eigenvalue weighted by atomic mass is 32.2. The number of hydrogen-bond donors (Lipinski definition) is 0. The van der Waals surface area contributed by atoms with Crippen LogP contribution in [0.1, 0.15) is 50.4 Å². The van der Waals surface area contributed by atoms with E-state index in [1.54, 1.807) is 11.8 Å². The second-order valence-corrected chi connectivity index (χ2v) is 8.12. The number of rotatable bonds is 5. The molecule has 1 heterocycles. The molecule has 0 N–H and O–H groups in total. The molecular formula is C19H28N2O2S. The van der Waals surface area contributed by atoms with Gasteiger partial charge in [0.1, 0.15) is 0 Å².